The van der Waals surface area contributed by atoms with Crippen molar-refractivity contribution in [2.75, 3.05) is 39.8 Å². The minimum Gasteiger partial charge on any atom is -0.383 e. The Hall–Kier alpha value is -2.63. The molecule has 0 aromatic heterocycles. The number of nitrogens with one attached hydrogen (secondary N) is 1. The molecule has 0 bridgehead atoms. The lowest BCUT2D eigenvalue weighted by Crippen LogP contribution is -2.65. The number of piperazine rings is 1. The zero-order valence-electron chi connectivity index (χ0n) is 25.9. The van der Waals surface area contributed by atoms with E-state index >= 15 is 8.78 Å². The Morgan fingerprint density at radius 3 is 2.31 bits per heavy atom. The number of aliphatic hydroxyl groups is 1. The van der Waals surface area contributed by atoms with Gasteiger partial charge in [0.05, 0.1) is 6.54 Å². The summed E-state index contributed by atoms with van der Waals surface area (Å²) in [7, 11) is 1.62. The second-order valence-corrected chi connectivity index (χ2v) is 13.9. The summed E-state index contributed by atoms with van der Waals surface area (Å²) in [4.78, 5) is 28.4. The lowest BCUT2D eigenvalue weighted by molar-refractivity contribution is -0.362. The molecule has 1 amide bonds. The van der Waals surface area contributed by atoms with Gasteiger partial charge < -0.3 is 10.4 Å². The highest BCUT2D eigenvalue weighted by atomic mass is 19.4. The first kappa shape index (κ1) is 32.3. The summed E-state index contributed by atoms with van der Waals surface area (Å²) >= 11 is 0. The Bertz CT molecular complexity index is 1400. The van der Waals surface area contributed by atoms with Crippen LogP contribution in [-0.2, 0) is 16.1 Å². The zero-order valence-corrected chi connectivity index (χ0v) is 25.9. The van der Waals surface area contributed by atoms with Crippen LogP contribution in [0.15, 0.2) is 47.1 Å². The molecule has 1 saturated heterocycles. The number of hydrogen-bond donors (Lipinski definition) is 2. The number of carbonyl (C=O) groups excluding carboxylic acids is 2. The van der Waals surface area contributed by atoms with Crippen LogP contribution in [0.2, 0.25) is 0 Å². The standard InChI is InChI=1S/C34H42F5N3O3/c1-31-18-27(22-5-3-21(4-6-22)19-41-13-15-42(16-14-41)20-29(44)40-2)30-25-10-8-24(43)17-23(25)7-9-26(30)28(31)11-12-32(31,45)33(35,36)34(37,38)39/h3-6,17,26-28,45H,7-16,18-20H2,1-2H3,(H,40,44)/t26?,27-,28?,31?,32+/m1/s1. The highest BCUT2D eigenvalue weighted by Gasteiger charge is 2.79. The van der Waals surface area contributed by atoms with Crippen LogP contribution in [0.3, 0.4) is 0 Å². The quantitative estimate of drug-likeness (QED) is 0.411. The van der Waals surface area contributed by atoms with Crippen LogP contribution in [0.4, 0.5) is 22.0 Å². The van der Waals surface area contributed by atoms with Gasteiger partial charge in [-0.2, -0.15) is 22.0 Å². The average molecular weight is 636 g/mol. The highest BCUT2D eigenvalue weighted by Crippen LogP contribution is 2.70. The predicted octanol–water partition coefficient (Wildman–Crippen LogP) is 5.38. The first-order chi connectivity index (χ1) is 21.2. The van der Waals surface area contributed by atoms with Gasteiger partial charge in [-0.05, 0) is 78.7 Å². The molecule has 2 N–H and O–H groups in total. The van der Waals surface area contributed by atoms with E-state index in [9.17, 15) is 27.9 Å². The van der Waals surface area contributed by atoms with Crippen molar-refractivity contribution in [3.8, 4) is 0 Å². The van der Waals surface area contributed by atoms with Gasteiger partial charge >= 0.3 is 12.1 Å². The van der Waals surface area contributed by atoms with Crippen LogP contribution < -0.4 is 5.32 Å². The van der Waals surface area contributed by atoms with Crippen molar-refractivity contribution in [2.24, 2.45) is 17.3 Å². The monoisotopic (exact) mass is 635 g/mol. The number of halogens is 5. The number of benzene rings is 1. The maximum absolute atomic E-state index is 15.2. The summed E-state index contributed by atoms with van der Waals surface area (Å²) in [6.45, 7) is 5.67. The van der Waals surface area contributed by atoms with Crippen LogP contribution in [-0.4, -0.2) is 84.1 Å². The Balaban J connectivity index is 1.31. The van der Waals surface area contributed by atoms with E-state index in [2.05, 4.69) is 15.1 Å². The molecule has 2 saturated carbocycles. The molecule has 6 rings (SSSR count). The lowest BCUT2D eigenvalue weighted by atomic mass is 9.50. The number of amides is 1. The van der Waals surface area contributed by atoms with E-state index in [-0.39, 0.29) is 30.4 Å². The summed E-state index contributed by atoms with van der Waals surface area (Å²) in [6, 6.07) is 7.90. The van der Waals surface area contributed by atoms with Gasteiger partial charge in [-0.15, -0.1) is 0 Å². The van der Waals surface area contributed by atoms with Crippen LogP contribution in [0.5, 0.6) is 0 Å². The van der Waals surface area contributed by atoms with Crippen molar-refractivity contribution in [3.05, 3.63) is 58.2 Å². The van der Waals surface area contributed by atoms with Crippen molar-refractivity contribution < 1.29 is 36.6 Å². The molecule has 5 atom stereocenters. The Morgan fingerprint density at radius 2 is 1.67 bits per heavy atom. The van der Waals surface area contributed by atoms with Gasteiger partial charge in [0.25, 0.3) is 0 Å². The SMILES string of the molecule is CNC(=O)CN1CCN(Cc2ccc([C@H]3CC4(C)C(CC[C@@]4(O)C(F)(F)C(F)(F)F)C4CCC5=CC(=O)CCC5=C43)cc2)CC1. The van der Waals surface area contributed by atoms with E-state index in [1.807, 2.05) is 24.3 Å². The number of nitrogens with zero attached hydrogens (tertiary/aromatic N) is 2. The Kier molecular flexibility index (Phi) is 8.30. The number of likely N-dealkylation sites (N-methyl/N-ethyl adjacent to an activating group) is 1. The van der Waals surface area contributed by atoms with E-state index < -0.39 is 41.4 Å². The molecule has 1 aliphatic heterocycles. The van der Waals surface area contributed by atoms with E-state index in [0.717, 1.165) is 54.0 Å². The number of alkyl halides is 5. The summed E-state index contributed by atoms with van der Waals surface area (Å²) in [5.74, 6) is -6.40. The number of fused-ring (bicyclic) bond motifs is 4. The molecule has 1 heterocycles. The van der Waals surface area contributed by atoms with Crippen molar-refractivity contribution in [1.29, 1.82) is 0 Å². The number of carbonyl (C=O) groups is 2. The van der Waals surface area contributed by atoms with Crippen LogP contribution in [0.1, 0.15) is 68.9 Å². The van der Waals surface area contributed by atoms with E-state index in [1.54, 1.807) is 13.1 Å². The first-order valence-corrected chi connectivity index (χ1v) is 16.1. The second kappa shape index (κ2) is 11.6. The lowest BCUT2D eigenvalue weighted by Gasteiger charge is -2.56. The van der Waals surface area contributed by atoms with Crippen molar-refractivity contribution in [3.63, 3.8) is 0 Å². The minimum atomic E-state index is -5.87. The maximum Gasteiger partial charge on any atom is 0.456 e. The first-order valence-electron chi connectivity index (χ1n) is 16.1. The fraction of sp³-hybridized carbons (Fsp3) is 0.647. The van der Waals surface area contributed by atoms with Crippen LogP contribution >= 0.6 is 0 Å². The maximum atomic E-state index is 15.2. The Labute approximate surface area is 260 Å². The van der Waals surface area contributed by atoms with Crippen molar-refractivity contribution in [1.82, 2.24) is 15.1 Å². The van der Waals surface area contributed by atoms with Crippen molar-refractivity contribution >= 4 is 11.7 Å². The van der Waals surface area contributed by atoms with Gasteiger partial charge in [-0.1, -0.05) is 36.8 Å². The molecule has 3 fully saturated rings. The van der Waals surface area contributed by atoms with Gasteiger partial charge in [0, 0.05) is 57.5 Å². The molecule has 246 valence electrons. The topological polar surface area (TPSA) is 72.9 Å². The number of rotatable bonds is 6. The molecule has 4 aliphatic carbocycles. The van der Waals surface area contributed by atoms with Gasteiger partial charge in [-0.3, -0.25) is 19.4 Å². The van der Waals surface area contributed by atoms with Gasteiger partial charge in [-0.25, -0.2) is 0 Å². The van der Waals surface area contributed by atoms with Crippen molar-refractivity contribution in [2.45, 2.75) is 82.0 Å². The molecule has 0 spiro atoms. The average Bonchev–Trinajstić information content (AvgIpc) is 3.28. The second-order valence-electron chi connectivity index (χ2n) is 13.9. The molecule has 0 radical (unpaired) electrons. The fourth-order valence-electron chi connectivity index (χ4n) is 9.22. The number of allylic oxidation sites excluding steroid dienone is 4. The third kappa shape index (κ3) is 5.36. The zero-order chi connectivity index (χ0) is 32.4. The van der Waals surface area contributed by atoms with Gasteiger partial charge in [0.15, 0.2) is 5.78 Å². The number of hydrogen-bond acceptors (Lipinski definition) is 5. The molecule has 1 aromatic carbocycles. The summed E-state index contributed by atoms with van der Waals surface area (Å²) < 4.78 is 71.9. The minimum absolute atomic E-state index is 0.0150. The predicted molar refractivity (Wildman–Crippen MR) is 158 cm³/mol. The van der Waals surface area contributed by atoms with E-state index in [0.29, 0.717) is 38.8 Å². The largest absolute Gasteiger partial charge is 0.456 e. The molecule has 1 aromatic rings. The fourth-order valence-corrected chi connectivity index (χ4v) is 9.22. The number of ketones is 1. The van der Waals surface area contributed by atoms with E-state index in [1.165, 1.54) is 6.92 Å². The molecular formula is C34H42F5N3O3. The van der Waals surface area contributed by atoms with Crippen LogP contribution in [0, 0.1) is 17.3 Å². The molecule has 5 aliphatic rings. The molecule has 45 heavy (non-hydrogen) atoms. The third-order valence-electron chi connectivity index (χ3n) is 11.7. The normalized spacial score (nSPS) is 32.9. The highest BCUT2D eigenvalue weighted by molar-refractivity contribution is 5.93. The van der Waals surface area contributed by atoms with E-state index in [4.69, 9.17) is 0 Å². The molecule has 6 nitrogen and oxygen atoms in total. The van der Waals surface area contributed by atoms with Gasteiger partial charge in [0.1, 0.15) is 5.60 Å². The summed E-state index contributed by atoms with van der Waals surface area (Å²) in [5, 5.41) is 14.1. The summed E-state index contributed by atoms with van der Waals surface area (Å²) in [5.41, 5.74) is 0.119. The molecular weight excluding hydrogens is 593 g/mol. The van der Waals surface area contributed by atoms with Crippen LogP contribution in [0.25, 0.3) is 0 Å². The molecule has 3 unspecified atom stereocenters. The van der Waals surface area contributed by atoms with Gasteiger partial charge in [0.2, 0.25) is 5.91 Å². The third-order valence-corrected chi connectivity index (χ3v) is 11.7. The summed E-state index contributed by atoms with van der Waals surface area (Å²) in [6.07, 6.45) is -2.67. The molecule has 11 heteroatoms. The smallest absolute Gasteiger partial charge is 0.383 e. The Morgan fingerprint density at radius 1 is 1.00 bits per heavy atom.